The smallest absolute Gasteiger partial charge is 0.134 e. The Kier molecular flexibility index (Phi) is 2.71. The number of ketones is 1. The Balaban J connectivity index is 1.91. The molecule has 1 fully saturated rings. The third-order valence-electron chi connectivity index (χ3n) is 3.48. The predicted molar refractivity (Wildman–Crippen MR) is 68.8 cm³/mol. The fourth-order valence-electron chi connectivity index (χ4n) is 2.34. The molecule has 1 aliphatic carbocycles. The van der Waals surface area contributed by atoms with Crippen LogP contribution in [0.2, 0.25) is 0 Å². The number of hydrogen-bond donors (Lipinski definition) is 0. The van der Waals surface area contributed by atoms with E-state index in [0.29, 0.717) is 24.5 Å². The first-order valence-electron chi connectivity index (χ1n) is 6.10. The van der Waals surface area contributed by atoms with E-state index < -0.39 is 0 Å². The summed E-state index contributed by atoms with van der Waals surface area (Å²) >= 11 is 0. The zero-order valence-electron chi connectivity index (χ0n) is 9.90. The van der Waals surface area contributed by atoms with Crippen molar-refractivity contribution in [3.05, 3.63) is 59.9 Å². The van der Waals surface area contributed by atoms with Gasteiger partial charge in [-0.3, -0.25) is 4.79 Å². The molecule has 0 aliphatic heterocycles. The molecule has 2 heteroatoms. The van der Waals surface area contributed by atoms with Crippen LogP contribution < -0.4 is 0 Å². The molecule has 0 unspecified atom stereocenters. The molecule has 0 spiro atoms. The highest BCUT2D eigenvalue weighted by Gasteiger charge is 2.27. The molecule has 0 N–H and O–H groups in total. The van der Waals surface area contributed by atoms with E-state index >= 15 is 0 Å². The monoisotopic (exact) mass is 240 g/mol. The fraction of sp³-hybridized carbons (Fsp3) is 0.188. The van der Waals surface area contributed by atoms with Crippen molar-refractivity contribution in [1.29, 1.82) is 0 Å². The summed E-state index contributed by atoms with van der Waals surface area (Å²) in [5.74, 6) is 0.490. The van der Waals surface area contributed by atoms with Crippen LogP contribution in [-0.2, 0) is 4.79 Å². The molecule has 2 aromatic rings. The first-order valence-corrected chi connectivity index (χ1v) is 6.10. The highest BCUT2D eigenvalue weighted by molar-refractivity contribution is 5.86. The van der Waals surface area contributed by atoms with Crippen molar-refractivity contribution in [2.45, 2.75) is 18.8 Å². The summed E-state index contributed by atoms with van der Waals surface area (Å²) < 4.78 is 12.9. The molecule has 18 heavy (non-hydrogen) atoms. The summed E-state index contributed by atoms with van der Waals surface area (Å²) in [6.07, 6.45) is 1.32. The number of hydrogen-bond acceptors (Lipinski definition) is 1. The summed E-state index contributed by atoms with van der Waals surface area (Å²) in [6, 6.07) is 14.7. The van der Waals surface area contributed by atoms with Crippen molar-refractivity contribution in [1.82, 2.24) is 0 Å². The molecule has 0 aromatic heterocycles. The molecule has 0 bridgehead atoms. The van der Waals surface area contributed by atoms with E-state index in [0.717, 1.165) is 11.1 Å². The largest absolute Gasteiger partial charge is 0.300 e. The van der Waals surface area contributed by atoms with E-state index in [-0.39, 0.29) is 5.82 Å². The molecule has 0 heterocycles. The standard InChI is InChI=1S/C16H13FO/c17-15-6-4-11(5-7-15)12-2-1-3-13(8-12)14-9-16(18)10-14/h1-8,14H,9-10H2. The molecular weight excluding hydrogens is 227 g/mol. The van der Waals surface area contributed by atoms with Crippen LogP contribution in [0.1, 0.15) is 24.3 Å². The number of halogens is 1. The highest BCUT2D eigenvalue weighted by Crippen LogP contribution is 2.35. The van der Waals surface area contributed by atoms with Gasteiger partial charge in [-0.2, -0.15) is 0 Å². The normalized spacial score (nSPS) is 15.5. The number of benzene rings is 2. The zero-order chi connectivity index (χ0) is 12.5. The van der Waals surface area contributed by atoms with Crippen LogP contribution in [0.5, 0.6) is 0 Å². The van der Waals surface area contributed by atoms with Gasteiger partial charge in [0, 0.05) is 12.8 Å². The minimum atomic E-state index is -0.223. The Morgan fingerprint density at radius 1 is 0.944 bits per heavy atom. The molecule has 90 valence electrons. The van der Waals surface area contributed by atoms with Crippen LogP contribution in [0.25, 0.3) is 11.1 Å². The van der Waals surface area contributed by atoms with E-state index in [1.54, 1.807) is 12.1 Å². The van der Waals surface area contributed by atoms with Crippen LogP contribution in [-0.4, -0.2) is 5.78 Å². The molecule has 1 saturated carbocycles. The molecule has 1 aliphatic rings. The molecular formula is C16H13FO. The third-order valence-corrected chi connectivity index (χ3v) is 3.48. The van der Waals surface area contributed by atoms with Gasteiger partial charge >= 0.3 is 0 Å². The van der Waals surface area contributed by atoms with E-state index in [4.69, 9.17) is 0 Å². The van der Waals surface area contributed by atoms with Gasteiger partial charge in [0.2, 0.25) is 0 Å². The summed E-state index contributed by atoms with van der Waals surface area (Å²) in [6.45, 7) is 0. The summed E-state index contributed by atoms with van der Waals surface area (Å²) in [5.41, 5.74) is 3.28. The minimum absolute atomic E-state index is 0.223. The summed E-state index contributed by atoms with van der Waals surface area (Å²) in [7, 11) is 0. The average molecular weight is 240 g/mol. The van der Waals surface area contributed by atoms with Gasteiger partial charge in [-0.05, 0) is 34.7 Å². The van der Waals surface area contributed by atoms with Crippen LogP contribution in [0.15, 0.2) is 48.5 Å². The highest BCUT2D eigenvalue weighted by atomic mass is 19.1. The van der Waals surface area contributed by atoms with Crippen molar-refractivity contribution in [3.8, 4) is 11.1 Å². The maximum Gasteiger partial charge on any atom is 0.134 e. The Morgan fingerprint density at radius 2 is 1.67 bits per heavy atom. The van der Waals surface area contributed by atoms with E-state index in [1.165, 1.54) is 17.7 Å². The van der Waals surface area contributed by atoms with E-state index in [1.807, 2.05) is 12.1 Å². The fourth-order valence-corrected chi connectivity index (χ4v) is 2.34. The number of carbonyl (C=O) groups is 1. The Morgan fingerprint density at radius 3 is 2.33 bits per heavy atom. The SMILES string of the molecule is O=C1CC(c2cccc(-c3ccc(F)cc3)c2)C1. The minimum Gasteiger partial charge on any atom is -0.300 e. The molecule has 3 rings (SSSR count). The topological polar surface area (TPSA) is 17.1 Å². The van der Waals surface area contributed by atoms with Crippen LogP contribution in [0, 0.1) is 5.82 Å². The maximum atomic E-state index is 12.9. The van der Waals surface area contributed by atoms with Gasteiger partial charge in [0.15, 0.2) is 0 Å². The molecule has 1 nitrogen and oxygen atoms in total. The van der Waals surface area contributed by atoms with Crippen molar-refractivity contribution < 1.29 is 9.18 Å². The van der Waals surface area contributed by atoms with Crippen LogP contribution in [0.3, 0.4) is 0 Å². The lowest BCUT2D eigenvalue weighted by Crippen LogP contribution is -2.20. The zero-order valence-corrected chi connectivity index (χ0v) is 9.90. The Hall–Kier alpha value is -1.96. The second kappa shape index (κ2) is 4.37. The van der Waals surface area contributed by atoms with Gasteiger partial charge in [-0.1, -0.05) is 36.4 Å². The number of rotatable bonds is 2. The molecule has 0 amide bonds. The number of Topliss-reactive ketones (excluding diaryl/α,β-unsaturated/α-hetero) is 1. The lowest BCUT2D eigenvalue weighted by atomic mass is 9.78. The second-order valence-corrected chi connectivity index (χ2v) is 4.78. The first kappa shape index (κ1) is 11.1. The molecule has 0 atom stereocenters. The van der Waals surface area contributed by atoms with Gasteiger partial charge < -0.3 is 0 Å². The van der Waals surface area contributed by atoms with Gasteiger partial charge in [0.05, 0.1) is 0 Å². The second-order valence-electron chi connectivity index (χ2n) is 4.78. The van der Waals surface area contributed by atoms with Gasteiger partial charge in [0.25, 0.3) is 0 Å². The maximum absolute atomic E-state index is 12.9. The van der Waals surface area contributed by atoms with Crippen LogP contribution in [0.4, 0.5) is 4.39 Å². The van der Waals surface area contributed by atoms with Crippen molar-refractivity contribution in [3.63, 3.8) is 0 Å². The lowest BCUT2D eigenvalue weighted by molar-refractivity contribution is -0.124. The van der Waals surface area contributed by atoms with E-state index in [2.05, 4.69) is 12.1 Å². The average Bonchev–Trinajstić information content (AvgIpc) is 2.36. The summed E-state index contributed by atoms with van der Waals surface area (Å²) in [5, 5.41) is 0. The third kappa shape index (κ3) is 2.06. The Bertz CT molecular complexity index is 578. The quantitative estimate of drug-likeness (QED) is 0.777. The first-order chi connectivity index (χ1) is 8.72. The van der Waals surface area contributed by atoms with Crippen molar-refractivity contribution in [2.75, 3.05) is 0 Å². The molecule has 0 saturated heterocycles. The van der Waals surface area contributed by atoms with Gasteiger partial charge in [0.1, 0.15) is 11.6 Å². The molecule has 2 aromatic carbocycles. The predicted octanol–water partition coefficient (Wildman–Crippen LogP) is 3.94. The van der Waals surface area contributed by atoms with Crippen molar-refractivity contribution in [2.24, 2.45) is 0 Å². The van der Waals surface area contributed by atoms with Gasteiger partial charge in [-0.15, -0.1) is 0 Å². The molecule has 0 radical (unpaired) electrons. The van der Waals surface area contributed by atoms with Gasteiger partial charge in [-0.25, -0.2) is 4.39 Å². The van der Waals surface area contributed by atoms with E-state index in [9.17, 15) is 9.18 Å². The van der Waals surface area contributed by atoms with Crippen LogP contribution >= 0.6 is 0 Å². The Labute approximate surface area is 105 Å². The lowest BCUT2D eigenvalue weighted by Gasteiger charge is -2.24. The number of carbonyl (C=O) groups excluding carboxylic acids is 1. The van der Waals surface area contributed by atoms with Crippen molar-refractivity contribution >= 4 is 5.78 Å². The summed E-state index contributed by atoms with van der Waals surface area (Å²) in [4.78, 5) is 11.0.